The van der Waals surface area contributed by atoms with Gasteiger partial charge in [0.1, 0.15) is 6.54 Å². The molecule has 19 heavy (non-hydrogen) atoms. The van der Waals surface area contributed by atoms with Crippen LogP contribution in [0.25, 0.3) is 0 Å². The van der Waals surface area contributed by atoms with Crippen LogP contribution in [-0.4, -0.2) is 37.1 Å². The van der Waals surface area contributed by atoms with Gasteiger partial charge in [-0.1, -0.05) is 15.9 Å². The zero-order valence-corrected chi connectivity index (χ0v) is 12.4. The zero-order chi connectivity index (χ0) is 14.2. The molecule has 5 nitrogen and oxygen atoms in total. The van der Waals surface area contributed by atoms with Crippen molar-refractivity contribution in [1.29, 1.82) is 0 Å². The van der Waals surface area contributed by atoms with Gasteiger partial charge in [-0.3, -0.25) is 9.59 Å². The van der Waals surface area contributed by atoms with E-state index in [1.54, 1.807) is 16.8 Å². The second-order valence-electron chi connectivity index (χ2n) is 4.61. The first-order valence-electron chi connectivity index (χ1n) is 5.93. The second kappa shape index (κ2) is 5.21. The predicted octanol–water partition coefficient (Wildman–Crippen LogP) is 2.02. The third-order valence-electron chi connectivity index (χ3n) is 3.22. The lowest BCUT2D eigenvalue weighted by molar-refractivity contribution is -0.135. The number of nitrogens with zero attached hydrogens (tertiary/aromatic N) is 2. The number of amides is 1. The Morgan fingerprint density at radius 2 is 2.16 bits per heavy atom. The van der Waals surface area contributed by atoms with Gasteiger partial charge in [0, 0.05) is 24.5 Å². The van der Waals surface area contributed by atoms with E-state index in [1.165, 1.54) is 0 Å². The summed E-state index contributed by atoms with van der Waals surface area (Å²) < 4.78 is 0.877. The smallest absolute Gasteiger partial charge is 0.323 e. The number of fused-ring (bicyclic) bond motifs is 1. The van der Waals surface area contributed by atoms with Crippen LogP contribution >= 0.6 is 15.9 Å². The number of carboxylic acid groups (broad SMARTS) is 1. The molecule has 0 bridgehead atoms. The van der Waals surface area contributed by atoms with Crippen molar-refractivity contribution in [2.75, 3.05) is 29.9 Å². The van der Waals surface area contributed by atoms with Crippen LogP contribution in [-0.2, 0) is 9.59 Å². The molecule has 1 aromatic rings. The van der Waals surface area contributed by atoms with E-state index >= 15 is 0 Å². The fraction of sp³-hybridized carbons (Fsp3) is 0.385. The molecule has 0 saturated heterocycles. The van der Waals surface area contributed by atoms with E-state index in [2.05, 4.69) is 15.9 Å². The van der Waals surface area contributed by atoms with Gasteiger partial charge < -0.3 is 14.9 Å². The SMILES string of the molecule is Cc1cc(Br)cc2c1N(C)C(=O)CCN2CC(=O)O. The summed E-state index contributed by atoms with van der Waals surface area (Å²) in [7, 11) is 1.73. The van der Waals surface area contributed by atoms with Crippen molar-refractivity contribution >= 4 is 39.2 Å². The highest BCUT2D eigenvalue weighted by Crippen LogP contribution is 2.37. The number of anilines is 2. The maximum absolute atomic E-state index is 12.0. The Hall–Kier alpha value is -1.56. The van der Waals surface area contributed by atoms with Crippen molar-refractivity contribution in [3.05, 3.63) is 22.2 Å². The number of aliphatic carboxylic acids is 1. The van der Waals surface area contributed by atoms with E-state index < -0.39 is 5.97 Å². The molecule has 1 amide bonds. The summed E-state index contributed by atoms with van der Waals surface area (Å²) in [5, 5.41) is 9.00. The Balaban J connectivity index is 2.57. The lowest BCUT2D eigenvalue weighted by atomic mass is 10.1. The van der Waals surface area contributed by atoms with Gasteiger partial charge in [0.2, 0.25) is 5.91 Å². The summed E-state index contributed by atoms with van der Waals surface area (Å²) in [4.78, 5) is 26.3. The Morgan fingerprint density at radius 1 is 1.47 bits per heavy atom. The molecule has 1 aliphatic rings. The van der Waals surface area contributed by atoms with Crippen LogP contribution in [0.15, 0.2) is 16.6 Å². The van der Waals surface area contributed by atoms with Crippen molar-refractivity contribution in [3.63, 3.8) is 0 Å². The number of rotatable bonds is 2. The standard InChI is InChI=1S/C13H15BrN2O3/c1-8-5-9(14)6-10-13(8)15(2)11(17)3-4-16(10)7-12(18)19/h5-6H,3-4,7H2,1-2H3,(H,18,19). The first kappa shape index (κ1) is 13.9. The third-order valence-corrected chi connectivity index (χ3v) is 3.67. The predicted molar refractivity (Wildman–Crippen MR) is 76.8 cm³/mol. The fourth-order valence-electron chi connectivity index (χ4n) is 2.37. The molecule has 0 radical (unpaired) electrons. The maximum Gasteiger partial charge on any atom is 0.323 e. The van der Waals surface area contributed by atoms with E-state index in [-0.39, 0.29) is 12.5 Å². The largest absolute Gasteiger partial charge is 0.480 e. The van der Waals surface area contributed by atoms with Crippen LogP contribution < -0.4 is 9.80 Å². The Labute approximate surface area is 119 Å². The minimum absolute atomic E-state index is 0.000406. The summed E-state index contributed by atoms with van der Waals surface area (Å²) in [6.45, 7) is 2.22. The Bertz CT molecular complexity index is 545. The van der Waals surface area contributed by atoms with Gasteiger partial charge in [-0.25, -0.2) is 0 Å². The van der Waals surface area contributed by atoms with E-state index in [9.17, 15) is 9.59 Å². The number of hydrogen-bond acceptors (Lipinski definition) is 3. The maximum atomic E-state index is 12.0. The van der Waals surface area contributed by atoms with Crippen LogP contribution in [0.4, 0.5) is 11.4 Å². The number of halogens is 1. The molecule has 1 aliphatic heterocycles. The monoisotopic (exact) mass is 326 g/mol. The molecule has 0 aliphatic carbocycles. The summed E-state index contributed by atoms with van der Waals surface area (Å²) in [6.07, 6.45) is 0.315. The van der Waals surface area contributed by atoms with Crippen molar-refractivity contribution in [3.8, 4) is 0 Å². The summed E-state index contributed by atoms with van der Waals surface area (Å²) in [6, 6.07) is 3.78. The Morgan fingerprint density at radius 3 is 2.79 bits per heavy atom. The van der Waals surface area contributed by atoms with E-state index in [4.69, 9.17) is 5.11 Å². The lowest BCUT2D eigenvalue weighted by Crippen LogP contribution is -2.30. The van der Waals surface area contributed by atoms with Crippen LogP contribution in [0, 0.1) is 6.92 Å². The van der Waals surface area contributed by atoms with Crippen molar-refractivity contribution in [2.24, 2.45) is 0 Å². The molecule has 0 atom stereocenters. The lowest BCUT2D eigenvalue weighted by Gasteiger charge is -2.25. The van der Waals surface area contributed by atoms with Gasteiger partial charge in [0.05, 0.1) is 11.4 Å². The number of carboxylic acids is 1. The average molecular weight is 327 g/mol. The number of carbonyl (C=O) groups excluding carboxylic acids is 1. The highest BCUT2D eigenvalue weighted by molar-refractivity contribution is 9.10. The van der Waals surface area contributed by atoms with Crippen LogP contribution in [0.2, 0.25) is 0 Å². The van der Waals surface area contributed by atoms with Crippen LogP contribution in [0.3, 0.4) is 0 Å². The van der Waals surface area contributed by atoms with Crippen LogP contribution in [0.5, 0.6) is 0 Å². The number of benzene rings is 1. The molecule has 0 unspecified atom stereocenters. The molecule has 102 valence electrons. The van der Waals surface area contributed by atoms with E-state index in [0.717, 1.165) is 21.4 Å². The molecule has 0 spiro atoms. The number of aryl methyl sites for hydroxylation is 1. The van der Waals surface area contributed by atoms with Gasteiger partial charge in [-0.05, 0) is 24.6 Å². The van der Waals surface area contributed by atoms with Gasteiger partial charge >= 0.3 is 5.97 Å². The quantitative estimate of drug-likeness (QED) is 0.903. The zero-order valence-electron chi connectivity index (χ0n) is 10.8. The molecule has 1 heterocycles. The number of carbonyl (C=O) groups is 2. The fourth-order valence-corrected chi connectivity index (χ4v) is 2.93. The normalized spacial score (nSPS) is 15.2. The van der Waals surface area contributed by atoms with Gasteiger partial charge in [-0.2, -0.15) is 0 Å². The van der Waals surface area contributed by atoms with Gasteiger partial charge in [-0.15, -0.1) is 0 Å². The average Bonchev–Trinajstić information content (AvgIpc) is 2.41. The topological polar surface area (TPSA) is 60.9 Å². The molecule has 1 aromatic carbocycles. The van der Waals surface area contributed by atoms with Crippen molar-refractivity contribution in [2.45, 2.75) is 13.3 Å². The molecule has 0 fully saturated rings. The molecule has 6 heteroatoms. The molecule has 1 N–H and O–H groups in total. The second-order valence-corrected chi connectivity index (χ2v) is 5.52. The first-order valence-corrected chi connectivity index (χ1v) is 6.73. The van der Waals surface area contributed by atoms with Crippen molar-refractivity contribution < 1.29 is 14.7 Å². The number of hydrogen-bond donors (Lipinski definition) is 1. The van der Waals surface area contributed by atoms with E-state index in [0.29, 0.717) is 13.0 Å². The highest BCUT2D eigenvalue weighted by atomic mass is 79.9. The van der Waals surface area contributed by atoms with Gasteiger partial charge in [0.25, 0.3) is 0 Å². The minimum Gasteiger partial charge on any atom is -0.480 e. The summed E-state index contributed by atoms with van der Waals surface area (Å²) in [5.74, 6) is -0.903. The Kier molecular flexibility index (Phi) is 3.80. The van der Waals surface area contributed by atoms with Crippen molar-refractivity contribution in [1.82, 2.24) is 0 Å². The van der Waals surface area contributed by atoms with Crippen LogP contribution in [0.1, 0.15) is 12.0 Å². The molecule has 0 saturated carbocycles. The molecule has 0 aromatic heterocycles. The molecular formula is C13H15BrN2O3. The third kappa shape index (κ3) is 2.73. The summed E-state index contributed by atoms with van der Waals surface area (Å²) >= 11 is 3.42. The van der Waals surface area contributed by atoms with E-state index in [1.807, 2.05) is 19.1 Å². The summed E-state index contributed by atoms with van der Waals surface area (Å²) in [5.41, 5.74) is 2.51. The molecule has 2 rings (SSSR count). The highest BCUT2D eigenvalue weighted by Gasteiger charge is 2.26. The first-order chi connectivity index (χ1) is 8.90. The van der Waals surface area contributed by atoms with Gasteiger partial charge in [0.15, 0.2) is 0 Å². The minimum atomic E-state index is -0.902. The molecular weight excluding hydrogens is 312 g/mol.